The second-order valence-corrected chi connectivity index (χ2v) is 6.88. The molecule has 0 aliphatic carbocycles. The van der Waals surface area contributed by atoms with Crippen LogP contribution >= 0.6 is 0 Å². The maximum absolute atomic E-state index is 12.9. The van der Waals surface area contributed by atoms with Crippen LogP contribution in [0.4, 0.5) is 0 Å². The Morgan fingerprint density at radius 3 is 2.22 bits per heavy atom. The van der Waals surface area contributed by atoms with Crippen LogP contribution in [0, 0.1) is 6.92 Å². The molecule has 144 valence electrons. The highest BCUT2D eigenvalue weighted by atomic mass is 16.2. The van der Waals surface area contributed by atoms with Gasteiger partial charge in [0.2, 0.25) is 11.8 Å². The Morgan fingerprint density at radius 2 is 1.59 bits per heavy atom. The van der Waals surface area contributed by atoms with Crippen LogP contribution in [0.1, 0.15) is 37.0 Å². The quantitative estimate of drug-likeness (QED) is 0.738. The van der Waals surface area contributed by atoms with Crippen LogP contribution in [0.25, 0.3) is 0 Å². The summed E-state index contributed by atoms with van der Waals surface area (Å²) in [6.07, 6.45) is 1.82. The lowest BCUT2D eigenvalue weighted by atomic mass is 10.1. The first-order chi connectivity index (χ1) is 13.0. The molecule has 0 radical (unpaired) electrons. The van der Waals surface area contributed by atoms with Gasteiger partial charge in [-0.05, 0) is 44.7 Å². The summed E-state index contributed by atoms with van der Waals surface area (Å²) in [5, 5.41) is 2.83. The fourth-order valence-corrected chi connectivity index (χ4v) is 3.04. The van der Waals surface area contributed by atoms with Gasteiger partial charge >= 0.3 is 0 Å². The minimum Gasteiger partial charge on any atom is -0.355 e. The highest BCUT2D eigenvalue weighted by Crippen LogP contribution is 2.11. The molecule has 0 saturated carbocycles. The zero-order valence-corrected chi connectivity index (χ0v) is 16.6. The number of carbonyl (C=O) groups excluding carboxylic acids is 2. The standard InChI is InChI=1S/C23H30N2O2/c1-4-24-23(27)19(3)25(17-16-20-8-6-5-7-9-20)22(26)15-14-21-12-10-18(2)11-13-21/h5-13,19H,4,14-17H2,1-3H3,(H,24,27)/t19-/m0/s1. The first-order valence-electron chi connectivity index (χ1n) is 9.68. The highest BCUT2D eigenvalue weighted by molar-refractivity contribution is 5.87. The van der Waals surface area contributed by atoms with E-state index in [-0.39, 0.29) is 11.8 Å². The molecule has 0 aliphatic heterocycles. The minimum atomic E-state index is -0.473. The zero-order chi connectivity index (χ0) is 19.6. The van der Waals surface area contributed by atoms with E-state index in [9.17, 15) is 9.59 Å². The number of likely N-dealkylation sites (N-methyl/N-ethyl adjacent to an activating group) is 1. The Kier molecular flexibility index (Phi) is 8.05. The van der Waals surface area contributed by atoms with E-state index in [4.69, 9.17) is 0 Å². The first kappa shape index (κ1) is 20.7. The second kappa shape index (κ2) is 10.5. The van der Waals surface area contributed by atoms with Crippen molar-refractivity contribution in [2.24, 2.45) is 0 Å². The molecule has 0 fully saturated rings. The lowest BCUT2D eigenvalue weighted by Gasteiger charge is -2.28. The van der Waals surface area contributed by atoms with Crippen molar-refractivity contribution in [2.45, 2.75) is 46.1 Å². The van der Waals surface area contributed by atoms with Crippen molar-refractivity contribution in [3.8, 4) is 0 Å². The van der Waals surface area contributed by atoms with Crippen molar-refractivity contribution >= 4 is 11.8 Å². The van der Waals surface area contributed by atoms with Gasteiger partial charge in [0.1, 0.15) is 6.04 Å². The van der Waals surface area contributed by atoms with E-state index in [1.165, 1.54) is 5.56 Å². The normalized spacial score (nSPS) is 11.7. The summed E-state index contributed by atoms with van der Waals surface area (Å²) in [7, 11) is 0. The third-order valence-electron chi connectivity index (χ3n) is 4.75. The van der Waals surface area contributed by atoms with Gasteiger partial charge in [0.05, 0.1) is 0 Å². The number of hydrogen-bond donors (Lipinski definition) is 1. The van der Waals surface area contributed by atoms with E-state index in [0.29, 0.717) is 25.9 Å². The van der Waals surface area contributed by atoms with E-state index in [0.717, 1.165) is 17.5 Å². The van der Waals surface area contributed by atoms with Crippen LogP contribution in [0.3, 0.4) is 0 Å². The molecule has 1 N–H and O–H groups in total. The molecule has 2 aromatic rings. The van der Waals surface area contributed by atoms with Gasteiger partial charge < -0.3 is 10.2 Å². The Bertz CT molecular complexity index is 726. The lowest BCUT2D eigenvalue weighted by molar-refractivity contribution is -0.139. The fraction of sp³-hybridized carbons (Fsp3) is 0.391. The molecule has 27 heavy (non-hydrogen) atoms. The van der Waals surface area contributed by atoms with E-state index >= 15 is 0 Å². The molecule has 0 saturated heterocycles. The summed E-state index contributed by atoms with van der Waals surface area (Å²) in [6, 6.07) is 17.8. The number of benzene rings is 2. The SMILES string of the molecule is CCNC(=O)[C@H](C)N(CCc1ccccc1)C(=O)CCc1ccc(C)cc1. The molecule has 2 amide bonds. The third-order valence-corrected chi connectivity index (χ3v) is 4.75. The molecule has 0 heterocycles. The van der Waals surface area contributed by atoms with E-state index in [1.807, 2.05) is 44.2 Å². The molecule has 0 spiro atoms. The van der Waals surface area contributed by atoms with Crippen molar-refractivity contribution in [2.75, 3.05) is 13.1 Å². The van der Waals surface area contributed by atoms with Crippen LogP contribution < -0.4 is 5.32 Å². The Hall–Kier alpha value is -2.62. The van der Waals surface area contributed by atoms with Crippen molar-refractivity contribution in [1.82, 2.24) is 10.2 Å². The van der Waals surface area contributed by atoms with Crippen LogP contribution in [-0.4, -0.2) is 35.8 Å². The molecule has 4 heteroatoms. The lowest BCUT2D eigenvalue weighted by Crippen LogP contribution is -2.48. The highest BCUT2D eigenvalue weighted by Gasteiger charge is 2.25. The molecule has 0 bridgehead atoms. The second-order valence-electron chi connectivity index (χ2n) is 6.88. The number of hydrogen-bond acceptors (Lipinski definition) is 2. The summed E-state index contributed by atoms with van der Waals surface area (Å²) in [5.41, 5.74) is 3.51. The predicted molar refractivity (Wildman–Crippen MR) is 110 cm³/mol. The smallest absolute Gasteiger partial charge is 0.242 e. The maximum Gasteiger partial charge on any atom is 0.242 e. The average molecular weight is 367 g/mol. The van der Waals surface area contributed by atoms with Gasteiger partial charge in [0.15, 0.2) is 0 Å². The molecule has 1 atom stereocenters. The summed E-state index contributed by atoms with van der Waals surface area (Å²) in [5.74, 6) is -0.0838. The molecule has 2 rings (SSSR count). The third kappa shape index (κ3) is 6.55. The van der Waals surface area contributed by atoms with E-state index < -0.39 is 6.04 Å². The molecule has 0 aliphatic rings. The summed E-state index contributed by atoms with van der Waals surface area (Å²) >= 11 is 0. The van der Waals surface area contributed by atoms with Crippen molar-refractivity contribution in [3.05, 3.63) is 71.3 Å². The van der Waals surface area contributed by atoms with Crippen molar-refractivity contribution < 1.29 is 9.59 Å². The molecule has 0 unspecified atom stereocenters. The average Bonchev–Trinajstić information content (AvgIpc) is 2.68. The largest absolute Gasteiger partial charge is 0.355 e. The maximum atomic E-state index is 12.9. The number of nitrogens with zero attached hydrogens (tertiary/aromatic N) is 1. The number of carbonyl (C=O) groups is 2. The number of amides is 2. The van der Waals surface area contributed by atoms with Crippen LogP contribution in [0.2, 0.25) is 0 Å². The van der Waals surface area contributed by atoms with Gasteiger partial charge in [-0.25, -0.2) is 0 Å². The van der Waals surface area contributed by atoms with Crippen LogP contribution in [-0.2, 0) is 22.4 Å². The Morgan fingerprint density at radius 1 is 0.963 bits per heavy atom. The predicted octanol–water partition coefficient (Wildman–Crippen LogP) is 3.52. The van der Waals surface area contributed by atoms with Gasteiger partial charge in [-0.1, -0.05) is 60.2 Å². The van der Waals surface area contributed by atoms with Crippen molar-refractivity contribution in [1.29, 1.82) is 0 Å². The van der Waals surface area contributed by atoms with Gasteiger partial charge in [-0.15, -0.1) is 0 Å². The first-order valence-corrected chi connectivity index (χ1v) is 9.68. The van der Waals surface area contributed by atoms with Crippen molar-refractivity contribution in [3.63, 3.8) is 0 Å². The number of aryl methyl sites for hydroxylation is 2. The number of nitrogens with one attached hydrogen (secondary N) is 1. The van der Waals surface area contributed by atoms with E-state index in [2.05, 4.69) is 29.6 Å². The van der Waals surface area contributed by atoms with Gasteiger partial charge in [-0.2, -0.15) is 0 Å². The molecule has 2 aromatic carbocycles. The van der Waals surface area contributed by atoms with Crippen LogP contribution in [0.15, 0.2) is 54.6 Å². The van der Waals surface area contributed by atoms with Gasteiger partial charge in [-0.3, -0.25) is 9.59 Å². The van der Waals surface area contributed by atoms with Gasteiger partial charge in [0.25, 0.3) is 0 Å². The van der Waals surface area contributed by atoms with Crippen LogP contribution in [0.5, 0.6) is 0 Å². The minimum absolute atomic E-state index is 0.0188. The Balaban J connectivity index is 2.03. The molecular weight excluding hydrogens is 336 g/mol. The summed E-state index contributed by atoms with van der Waals surface area (Å²) in [4.78, 5) is 26.9. The Labute approximate surface area is 162 Å². The fourth-order valence-electron chi connectivity index (χ4n) is 3.04. The summed E-state index contributed by atoms with van der Waals surface area (Å²) in [6.45, 7) is 6.84. The van der Waals surface area contributed by atoms with E-state index in [1.54, 1.807) is 11.8 Å². The molecule has 0 aromatic heterocycles. The summed E-state index contributed by atoms with van der Waals surface area (Å²) < 4.78 is 0. The zero-order valence-electron chi connectivity index (χ0n) is 16.6. The monoisotopic (exact) mass is 366 g/mol. The molecule has 4 nitrogen and oxygen atoms in total. The molecular formula is C23H30N2O2. The number of rotatable bonds is 9. The van der Waals surface area contributed by atoms with Gasteiger partial charge in [0, 0.05) is 19.5 Å². The topological polar surface area (TPSA) is 49.4 Å².